The highest BCUT2D eigenvalue weighted by molar-refractivity contribution is 14.0. The predicted molar refractivity (Wildman–Crippen MR) is 139 cm³/mol. The van der Waals surface area contributed by atoms with Crippen molar-refractivity contribution in [1.29, 1.82) is 0 Å². The van der Waals surface area contributed by atoms with E-state index < -0.39 is 0 Å². The number of guanidine groups is 1. The van der Waals surface area contributed by atoms with Crippen LogP contribution in [-0.4, -0.2) is 63.6 Å². The van der Waals surface area contributed by atoms with E-state index in [1.165, 1.54) is 0 Å². The van der Waals surface area contributed by atoms with Crippen LogP contribution >= 0.6 is 24.0 Å². The number of pyridine rings is 1. The fourth-order valence-corrected chi connectivity index (χ4v) is 3.36. The van der Waals surface area contributed by atoms with Crippen LogP contribution in [0.25, 0.3) is 0 Å². The predicted octanol–water partition coefficient (Wildman–Crippen LogP) is 3.07. The first-order valence-electron chi connectivity index (χ1n) is 10.6. The summed E-state index contributed by atoms with van der Waals surface area (Å²) in [5.41, 5.74) is 1.09. The lowest BCUT2D eigenvalue weighted by atomic mass is 10.2. The molecule has 2 N–H and O–H groups in total. The summed E-state index contributed by atoms with van der Waals surface area (Å²) in [5.74, 6) is 3.15. The Morgan fingerprint density at radius 3 is 2.69 bits per heavy atom. The lowest BCUT2D eigenvalue weighted by Crippen LogP contribution is -2.42. The maximum atomic E-state index is 5.98. The lowest BCUT2D eigenvalue weighted by molar-refractivity contribution is 0.0529. The van der Waals surface area contributed by atoms with E-state index in [2.05, 4.69) is 44.6 Å². The van der Waals surface area contributed by atoms with Gasteiger partial charge in [0.25, 0.3) is 0 Å². The Balaban J connectivity index is 0.00000363. The highest BCUT2D eigenvalue weighted by Crippen LogP contribution is 2.26. The number of ether oxygens (including phenoxy) is 3. The zero-order valence-corrected chi connectivity index (χ0v) is 21.5. The van der Waals surface area contributed by atoms with E-state index in [-0.39, 0.29) is 36.2 Å². The molecule has 2 aromatic rings. The summed E-state index contributed by atoms with van der Waals surface area (Å²) in [7, 11) is 3.39. The van der Waals surface area contributed by atoms with Crippen molar-refractivity contribution in [2.24, 2.45) is 4.99 Å². The van der Waals surface area contributed by atoms with E-state index in [0.717, 1.165) is 42.6 Å². The molecule has 0 spiro atoms. The normalized spacial score (nSPS) is 17.2. The summed E-state index contributed by atoms with van der Waals surface area (Å²) >= 11 is 0. The van der Waals surface area contributed by atoms with Crippen LogP contribution in [0, 0.1) is 0 Å². The molecular weight excluding hydrogens is 521 g/mol. The molecule has 1 aromatic carbocycles. The third-order valence-corrected chi connectivity index (χ3v) is 5.01. The number of benzene rings is 1. The van der Waals surface area contributed by atoms with E-state index in [1.54, 1.807) is 14.2 Å². The van der Waals surface area contributed by atoms with Crippen molar-refractivity contribution in [2.75, 3.05) is 45.3 Å². The fraction of sp³-hybridized carbons (Fsp3) is 0.478. The number of nitrogens with zero attached hydrogens (tertiary/aromatic N) is 3. The van der Waals surface area contributed by atoms with Gasteiger partial charge in [-0.15, -0.1) is 24.0 Å². The maximum Gasteiger partial charge on any atom is 0.191 e. The van der Waals surface area contributed by atoms with Crippen LogP contribution in [0.4, 0.5) is 5.82 Å². The van der Waals surface area contributed by atoms with Crippen molar-refractivity contribution >= 4 is 35.8 Å². The minimum Gasteiger partial charge on any atom is -0.493 e. The average molecular weight is 555 g/mol. The molecular formula is C23H34IN5O3. The number of halogens is 1. The molecule has 0 saturated carbocycles. The van der Waals surface area contributed by atoms with Crippen molar-refractivity contribution < 1.29 is 14.2 Å². The second kappa shape index (κ2) is 13.3. The summed E-state index contributed by atoms with van der Waals surface area (Å²) in [4.78, 5) is 11.2. The van der Waals surface area contributed by atoms with E-state index in [9.17, 15) is 0 Å². The smallest absolute Gasteiger partial charge is 0.191 e. The van der Waals surface area contributed by atoms with Crippen LogP contribution in [0.3, 0.4) is 0 Å². The summed E-state index contributed by atoms with van der Waals surface area (Å²) in [6.45, 7) is 7.82. The van der Waals surface area contributed by atoms with E-state index >= 15 is 0 Å². The molecule has 1 saturated heterocycles. The minimum atomic E-state index is -0.0632. The minimum absolute atomic E-state index is 0. The van der Waals surface area contributed by atoms with E-state index in [0.29, 0.717) is 19.0 Å². The van der Waals surface area contributed by atoms with Gasteiger partial charge in [-0.1, -0.05) is 18.2 Å². The number of anilines is 1. The van der Waals surface area contributed by atoms with Gasteiger partial charge in [-0.2, -0.15) is 0 Å². The zero-order valence-electron chi connectivity index (χ0n) is 19.2. The van der Waals surface area contributed by atoms with Gasteiger partial charge in [-0.3, -0.25) is 4.99 Å². The molecule has 2 heterocycles. The number of hydrogen-bond acceptors (Lipinski definition) is 6. The van der Waals surface area contributed by atoms with Gasteiger partial charge in [0, 0.05) is 32.9 Å². The molecule has 1 aromatic heterocycles. The molecule has 1 aliphatic rings. The van der Waals surface area contributed by atoms with Crippen LogP contribution in [0.5, 0.6) is 11.5 Å². The van der Waals surface area contributed by atoms with Gasteiger partial charge in [0.2, 0.25) is 0 Å². The Labute approximate surface area is 207 Å². The number of aromatic nitrogens is 1. The Hall–Kier alpha value is -2.27. The van der Waals surface area contributed by atoms with Crippen LogP contribution in [0.15, 0.2) is 47.6 Å². The number of para-hydroxylation sites is 2. The van der Waals surface area contributed by atoms with Gasteiger partial charge < -0.3 is 29.7 Å². The van der Waals surface area contributed by atoms with Gasteiger partial charge in [0.05, 0.1) is 26.4 Å². The second-order valence-electron chi connectivity index (χ2n) is 7.54. The Morgan fingerprint density at radius 2 is 2.03 bits per heavy atom. The van der Waals surface area contributed by atoms with E-state index in [1.807, 2.05) is 37.4 Å². The largest absolute Gasteiger partial charge is 0.493 e. The van der Waals surface area contributed by atoms with Crippen LogP contribution < -0.4 is 25.0 Å². The molecule has 0 bridgehead atoms. The SMILES string of the molecule is CN=C(NCc1ccc(N2CCOC(C)C2)nc1)NCC(C)Oc1ccccc1OC.I. The first kappa shape index (κ1) is 26.0. The third kappa shape index (κ3) is 7.70. The van der Waals surface area contributed by atoms with Crippen LogP contribution in [0.2, 0.25) is 0 Å². The molecule has 8 nitrogen and oxygen atoms in total. The quantitative estimate of drug-likeness (QED) is 0.295. The summed E-state index contributed by atoms with van der Waals surface area (Å²) in [6.07, 6.45) is 2.08. The molecule has 1 aliphatic heterocycles. The first-order chi connectivity index (χ1) is 15.1. The summed E-state index contributed by atoms with van der Waals surface area (Å²) in [5, 5.41) is 6.61. The fourth-order valence-electron chi connectivity index (χ4n) is 3.36. The molecule has 0 amide bonds. The maximum absolute atomic E-state index is 5.98. The molecule has 0 radical (unpaired) electrons. The number of nitrogens with one attached hydrogen (secondary N) is 2. The van der Waals surface area contributed by atoms with Crippen molar-refractivity contribution in [2.45, 2.75) is 32.6 Å². The summed E-state index contributed by atoms with van der Waals surface area (Å²) < 4.78 is 16.9. The number of methoxy groups -OCH3 is 1. The zero-order chi connectivity index (χ0) is 22.1. The lowest BCUT2D eigenvalue weighted by Gasteiger charge is -2.32. The number of aliphatic imine (C=N–C) groups is 1. The first-order valence-corrected chi connectivity index (χ1v) is 10.6. The molecule has 2 unspecified atom stereocenters. The molecule has 2 atom stereocenters. The van der Waals surface area contributed by atoms with Gasteiger partial charge >= 0.3 is 0 Å². The van der Waals surface area contributed by atoms with Crippen molar-refractivity contribution in [1.82, 2.24) is 15.6 Å². The van der Waals surface area contributed by atoms with Gasteiger partial charge in [-0.25, -0.2) is 4.98 Å². The Morgan fingerprint density at radius 1 is 1.25 bits per heavy atom. The average Bonchev–Trinajstić information content (AvgIpc) is 2.80. The number of morpholine rings is 1. The van der Waals surface area contributed by atoms with Crippen LogP contribution in [0.1, 0.15) is 19.4 Å². The standard InChI is InChI=1S/C23H33N5O3.HI/c1-17(31-21-8-6-5-7-20(21)29-4)13-26-23(24-3)27-15-19-9-10-22(25-14-19)28-11-12-30-18(2)16-28;/h5-10,14,17-18H,11-13,15-16H2,1-4H3,(H2,24,26,27);1H. The van der Waals surface area contributed by atoms with Gasteiger partial charge in [0.15, 0.2) is 17.5 Å². The van der Waals surface area contributed by atoms with E-state index in [4.69, 9.17) is 14.2 Å². The molecule has 0 aliphatic carbocycles. The monoisotopic (exact) mass is 555 g/mol. The van der Waals surface area contributed by atoms with Crippen molar-refractivity contribution in [3.63, 3.8) is 0 Å². The molecule has 1 fully saturated rings. The highest BCUT2D eigenvalue weighted by Gasteiger charge is 2.17. The Kier molecular flexibility index (Phi) is 10.8. The molecule has 3 rings (SSSR count). The van der Waals surface area contributed by atoms with Crippen molar-refractivity contribution in [3.05, 3.63) is 48.2 Å². The molecule has 32 heavy (non-hydrogen) atoms. The second-order valence-corrected chi connectivity index (χ2v) is 7.54. The topological polar surface area (TPSA) is 80.2 Å². The summed E-state index contributed by atoms with van der Waals surface area (Å²) in [6, 6.07) is 11.8. The van der Waals surface area contributed by atoms with Crippen LogP contribution in [-0.2, 0) is 11.3 Å². The van der Waals surface area contributed by atoms with Gasteiger partial charge in [0.1, 0.15) is 11.9 Å². The third-order valence-electron chi connectivity index (χ3n) is 5.01. The Bertz CT molecular complexity index is 850. The number of hydrogen-bond donors (Lipinski definition) is 2. The van der Waals surface area contributed by atoms with Crippen molar-refractivity contribution in [3.8, 4) is 11.5 Å². The van der Waals surface area contributed by atoms with Gasteiger partial charge in [-0.05, 0) is 37.6 Å². The molecule has 176 valence electrons. The highest BCUT2D eigenvalue weighted by atomic mass is 127. The number of rotatable bonds is 8. The molecule has 9 heteroatoms.